The van der Waals surface area contributed by atoms with Crippen molar-refractivity contribution in [2.75, 3.05) is 32.5 Å². The van der Waals surface area contributed by atoms with Gasteiger partial charge >= 0.3 is 6.09 Å². The Morgan fingerprint density at radius 1 is 1.15 bits per heavy atom. The molecular formula is C29H36ClN7O3S. The van der Waals surface area contributed by atoms with Crippen LogP contribution in [0, 0.1) is 5.92 Å². The van der Waals surface area contributed by atoms with Gasteiger partial charge in [-0.1, -0.05) is 38.3 Å². The Morgan fingerprint density at radius 2 is 1.93 bits per heavy atom. The molecule has 3 heterocycles. The molecule has 4 rings (SSSR count). The van der Waals surface area contributed by atoms with Crippen LogP contribution in [0.15, 0.2) is 41.9 Å². The topological polar surface area (TPSA) is 114 Å². The summed E-state index contributed by atoms with van der Waals surface area (Å²) >= 11 is 7.93. The Labute approximate surface area is 249 Å². The van der Waals surface area contributed by atoms with Crippen LogP contribution in [0.25, 0.3) is 22.3 Å². The number of benzene rings is 1. The number of nitrogens with one attached hydrogen (secondary N) is 2. The number of aryl methyl sites for hydroxylation is 1. The van der Waals surface area contributed by atoms with Crippen LogP contribution in [0.1, 0.15) is 49.9 Å². The molecule has 41 heavy (non-hydrogen) atoms. The van der Waals surface area contributed by atoms with Crippen molar-refractivity contribution in [3.8, 4) is 17.0 Å². The van der Waals surface area contributed by atoms with E-state index in [9.17, 15) is 9.59 Å². The molecule has 0 aliphatic rings. The van der Waals surface area contributed by atoms with Gasteiger partial charge < -0.3 is 20.3 Å². The molecule has 0 bridgehead atoms. The fraction of sp³-hybridized carbons (Fsp3) is 0.414. The second-order valence-electron chi connectivity index (χ2n) is 10.5. The van der Waals surface area contributed by atoms with Gasteiger partial charge in [0.2, 0.25) is 0 Å². The van der Waals surface area contributed by atoms with Crippen LogP contribution in [0.5, 0.6) is 5.75 Å². The van der Waals surface area contributed by atoms with Crippen LogP contribution < -0.4 is 15.4 Å². The van der Waals surface area contributed by atoms with Gasteiger partial charge in [-0.25, -0.2) is 18.8 Å². The van der Waals surface area contributed by atoms with E-state index in [4.69, 9.17) is 26.4 Å². The number of aromatic nitrogens is 4. The number of carbonyl (C=O) groups excluding carboxylic acids is 2. The van der Waals surface area contributed by atoms with Crippen LogP contribution >= 0.6 is 23.1 Å². The van der Waals surface area contributed by atoms with Crippen molar-refractivity contribution in [2.45, 2.75) is 46.1 Å². The molecular weight excluding hydrogens is 562 g/mol. The number of amides is 2. The number of pyridine rings is 1. The molecule has 0 radical (unpaired) electrons. The molecule has 218 valence electrons. The number of carbonyl (C=O) groups is 2. The van der Waals surface area contributed by atoms with Crippen LogP contribution in [-0.4, -0.2) is 63.2 Å². The molecule has 10 nitrogen and oxygen atoms in total. The lowest BCUT2D eigenvalue weighted by Gasteiger charge is -2.10. The van der Waals surface area contributed by atoms with Crippen LogP contribution in [0.4, 0.5) is 10.6 Å². The molecule has 0 unspecified atom stereocenters. The molecule has 2 amide bonds. The highest BCUT2D eigenvalue weighted by Gasteiger charge is 2.19. The molecule has 0 aliphatic heterocycles. The number of hydrogen-bond acceptors (Lipinski definition) is 8. The highest BCUT2D eigenvalue weighted by molar-refractivity contribution is 7.03. The van der Waals surface area contributed by atoms with Crippen molar-refractivity contribution < 1.29 is 14.3 Å². The van der Waals surface area contributed by atoms with Gasteiger partial charge in [0.15, 0.2) is 11.5 Å². The molecule has 0 saturated carbocycles. The van der Waals surface area contributed by atoms with Crippen molar-refractivity contribution in [3.63, 3.8) is 0 Å². The van der Waals surface area contributed by atoms with Gasteiger partial charge in [-0.2, -0.15) is 5.10 Å². The summed E-state index contributed by atoms with van der Waals surface area (Å²) in [7, 11) is 3.98. The van der Waals surface area contributed by atoms with E-state index >= 15 is 0 Å². The summed E-state index contributed by atoms with van der Waals surface area (Å²) in [5, 5.41) is 13.1. The fourth-order valence-electron chi connectivity index (χ4n) is 4.24. The predicted molar refractivity (Wildman–Crippen MR) is 164 cm³/mol. The molecule has 1 aromatic carbocycles. The van der Waals surface area contributed by atoms with Crippen LogP contribution in [0.3, 0.4) is 0 Å². The first kappa shape index (κ1) is 30.4. The average molecular weight is 598 g/mol. The summed E-state index contributed by atoms with van der Waals surface area (Å²) in [4.78, 5) is 31.8. The zero-order chi connectivity index (χ0) is 29.4. The number of ether oxygens (including phenoxy) is 1. The molecule has 12 heteroatoms. The average Bonchev–Trinajstić information content (AvgIpc) is 3.58. The van der Waals surface area contributed by atoms with Crippen LogP contribution in [0.2, 0.25) is 5.02 Å². The quantitative estimate of drug-likeness (QED) is 0.173. The molecule has 3 aromatic heterocycles. The van der Waals surface area contributed by atoms with E-state index in [2.05, 4.69) is 33.8 Å². The summed E-state index contributed by atoms with van der Waals surface area (Å²) < 4.78 is 11.2. The molecule has 4 aromatic rings. The molecule has 0 aliphatic carbocycles. The number of unbranched alkanes of at least 4 members (excludes halogenated alkanes) is 1. The van der Waals surface area contributed by atoms with Gasteiger partial charge in [0.05, 0.1) is 27.9 Å². The van der Waals surface area contributed by atoms with E-state index < -0.39 is 6.09 Å². The third-order valence-electron chi connectivity index (χ3n) is 6.39. The minimum atomic E-state index is -0.497. The molecule has 0 fully saturated rings. The lowest BCUT2D eigenvalue weighted by atomic mass is 10.1. The highest BCUT2D eigenvalue weighted by atomic mass is 35.5. The molecule has 2 N–H and O–H groups in total. The van der Waals surface area contributed by atoms with Crippen molar-refractivity contribution in [1.29, 1.82) is 0 Å². The summed E-state index contributed by atoms with van der Waals surface area (Å²) in [6.45, 7) is 6.49. The smallest absolute Gasteiger partial charge is 0.410 e. The first-order chi connectivity index (χ1) is 19.7. The summed E-state index contributed by atoms with van der Waals surface area (Å²) in [5.41, 5.74) is 2.43. The van der Waals surface area contributed by atoms with E-state index in [1.807, 2.05) is 30.9 Å². The van der Waals surface area contributed by atoms with Gasteiger partial charge in [-0.3, -0.25) is 4.79 Å². The van der Waals surface area contributed by atoms with Crippen molar-refractivity contribution in [3.05, 3.63) is 52.5 Å². The second-order valence-corrected chi connectivity index (χ2v) is 11.6. The Bertz CT molecular complexity index is 1450. The third kappa shape index (κ3) is 8.48. The Morgan fingerprint density at radius 3 is 2.61 bits per heavy atom. The van der Waals surface area contributed by atoms with Crippen molar-refractivity contribution in [2.24, 2.45) is 5.92 Å². The summed E-state index contributed by atoms with van der Waals surface area (Å²) in [6, 6.07) is 8.82. The van der Waals surface area contributed by atoms with Gasteiger partial charge in [0, 0.05) is 24.0 Å². The van der Waals surface area contributed by atoms with Crippen LogP contribution in [-0.2, 0) is 6.54 Å². The lowest BCUT2D eigenvalue weighted by Crippen LogP contribution is -2.29. The minimum absolute atomic E-state index is 0.289. The van der Waals surface area contributed by atoms with Gasteiger partial charge in [-0.05, 0) is 81.3 Å². The number of rotatable bonds is 13. The molecule has 0 atom stereocenters. The van der Waals surface area contributed by atoms with Gasteiger partial charge in [0.1, 0.15) is 5.75 Å². The lowest BCUT2D eigenvalue weighted by molar-refractivity contribution is 0.102. The molecule has 0 spiro atoms. The second kappa shape index (κ2) is 14.4. The maximum Gasteiger partial charge on any atom is 0.412 e. The van der Waals surface area contributed by atoms with E-state index in [1.54, 1.807) is 23.6 Å². The SMILES string of the molecule is CC(C)CCCCn1nc(NC(=O)c2cnsc2)c2cc(Cl)c(-c3ccc(OC(=O)NCCCN(C)C)cc3)nc21. The maximum atomic E-state index is 12.8. The Balaban J connectivity index is 1.54. The van der Waals surface area contributed by atoms with E-state index in [0.717, 1.165) is 37.8 Å². The fourth-order valence-corrected chi connectivity index (χ4v) is 5.02. The van der Waals surface area contributed by atoms with E-state index in [1.165, 1.54) is 17.7 Å². The predicted octanol–water partition coefficient (Wildman–Crippen LogP) is 6.33. The van der Waals surface area contributed by atoms with Crippen molar-refractivity contribution >= 4 is 52.0 Å². The minimum Gasteiger partial charge on any atom is -0.410 e. The largest absolute Gasteiger partial charge is 0.412 e. The molecule has 0 saturated heterocycles. The van der Waals surface area contributed by atoms with Crippen molar-refractivity contribution in [1.82, 2.24) is 29.4 Å². The first-order valence-corrected chi connectivity index (χ1v) is 14.9. The van der Waals surface area contributed by atoms with E-state index in [0.29, 0.717) is 57.9 Å². The Kier molecular flexibility index (Phi) is 10.7. The zero-order valence-corrected chi connectivity index (χ0v) is 25.4. The first-order valence-electron chi connectivity index (χ1n) is 13.7. The van der Waals surface area contributed by atoms with Gasteiger partial charge in [-0.15, -0.1) is 0 Å². The number of hydrogen-bond donors (Lipinski definition) is 2. The number of halogens is 1. The zero-order valence-electron chi connectivity index (χ0n) is 23.8. The maximum absolute atomic E-state index is 12.8. The number of fused-ring (bicyclic) bond motifs is 1. The monoisotopic (exact) mass is 597 g/mol. The number of nitrogens with zero attached hydrogens (tertiary/aromatic N) is 5. The Hall–Kier alpha value is -3.54. The third-order valence-corrected chi connectivity index (χ3v) is 7.27. The summed E-state index contributed by atoms with van der Waals surface area (Å²) in [5.74, 6) is 1.16. The number of anilines is 1. The van der Waals surface area contributed by atoms with Gasteiger partial charge in [0.25, 0.3) is 5.91 Å². The van der Waals surface area contributed by atoms with E-state index in [-0.39, 0.29) is 5.91 Å². The highest BCUT2D eigenvalue weighted by Crippen LogP contribution is 2.33. The summed E-state index contributed by atoms with van der Waals surface area (Å²) in [6.07, 6.45) is 4.98. The normalized spacial score (nSPS) is 11.4. The standard InChI is InChI=1S/C29H36ClN7O3S/c1-19(2)8-5-6-15-37-27-23(26(35-37)34-28(38)21-17-32-41-18-21)16-24(30)25(33-27)20-9-11-22(12-10-20)40-29(39)31-13-7-14-36(3)4/h9-12,16-19H,5-8,13-15H2,1-4H3,(H,31,39)(H,34,35,38).